The molecule has 5 nitrogen and oxygen atoms in total. The molecule has 0 saturated heterocycles. The Kier molecular flexibility index (Phi) is 3.27. The number of oxazole rings is 1. The lowest BCUT2D eigenvalue weighted by atomic mass is 10.1. The van der Waals surface area contributed by atoms with Crippen molar-refractivity contribution in [2.75, 3.05) is 5.32 Å². The van der Waals surface area contributed by atoms with Crippen molar-refractivity contribution in [1.29, 1.82) is 0 Å². The first-order valence-corrected chi connectivity index (χ1v) is 5.25. The van der Waals surface area contributed by atoms with Gasteiger partial charge < -0.3 is 14.8 Å². The predicted molar refractivity (Wildman–Crippen MR) is 61.9 cm³/mol. The fourth-order valence-corrected chi connectivity index (χ4v) is 1.53. The SMILES string of the molecule is Cc1cnc(CNc2c(F)cccc2C(=O)O)o1. The average Bonchev–Trinajstić information content (AvgIpc) is 2.73. The second-order valence-electron chi connectivity index (χ2n) is 3.69. The van der Waals surface area contributed by atoms with Crippen molar-refractivity contribution in [1.82, 2.24) is 4.98 Å². The van der Waals surface area contributed by atoms with Crippen molar-refractivity contribution in [3.63, 3.8) is 0 Å². The first-order chi connectivity index (χ1) is 8.58. The monoisotopic (exact) mass is 250 g/mol. The summed E-state index contributed by atoms with van der Waals surface area (Å²) in [5.74, 6) is -0.815. The van der Waals surface area contributed by atoms with Crippen molar-refractivity contribution in [3.8, 4) is 0 Å². The minimum Gasteiger partial charge on any atom is -0.478 e. The van der Waals surface area contributed by atoms with Crippen molar-refractivity contribution >= 4 is 11.7 Å². The number of nitrogens with one attached hydrogen (secondary N) is 1. The van der Waals surface area contributed by atoms with Gasteiger partial charge in [0.1, 0.15) is 11.6 Å². The molecule has 0 saturated carbocycles. The van der Waals surface area contributed by atoms with Gasteiger partial charge in [0.05, 0.1) is 24.0 Å². The minimum absolute atomic E-state index is 0.0687. The number of carbonyl (C=O) groups is 1. The van der Waals surface area contributed by atoms with E-state index in [0.717, 1.165) is 0 Å². The van der Waals surface area contributed by atoms with Gasteiger partial charge in [-0.1, -0.05) is 6.07 Å². The zero-order valence-electron chi connectivity index (χ0n) is 9.61. The molecule has 0 unspecified atom stereocenters. The summed E-state index contributed by atoms with van der Waals surface area (Å²) in [5, 5.41) is 11.6. The average molecular weight is 250 g/mol. The number of aryl methyl sites for hydroxylation is 1. The maximum atomic E-state index is 13.5. The second kappa shape index (κ2) is 4.87. The third kappa shape index (κ3) is 2.48. The molecule has 18 heavy (non-hydrogen) atoms. The molecule has 0 fully saturated rings. The molecule has 0 aliphatic rings. The third-order valence-electron chi connectivity index (χ3n) is 2.33. The molecular weight excluding hydrogens is 239 g/mol. The predicted octanol–water partition coefficient (Wildman–Crippen LogP) is 2.43. The highest BCUT2D eigenvalue weighted by Gasteiger charge is 2.14. The summed E-state index contributed by atoms with van der Waals surface area (Å²) in [6.45, 7) is 1.86. The maximum absolute atomic E-state index is 13.5. The summed E-state index contributed by atoms with van der Waals surface area (Å²) < 4.78 is 18.7. The van der Waals surface area contributed by atoms with Crippen molar-refractivity contribution in [2.24, 2.45) is 0 Å². The van der Waals surface area contributed by atoms with Crippen LogP contribution in [0.4, 0.5) is 10.1 Å². The van der Waals surface area contributed by atoms with E-state index in [1.807, 2.05) is 0 Å². The van der Waals surface area contributed by atoms with Gasteiger partial charge in [-0.2, -0.15) is 0 Å². The fraction of sp³-hybridized carbons (Fsp3) is 0.167. The highest BCUT2D eigenvalue weighted by atomic mass is 19.1. The zero-order valence-corrected chi connectivity index (χ0v) is 9.61. The van der Waals surface area contributed by atoms with Crippen molar-refractivity contribution < 1.29 is 18.7 Å². The lowest BCUT2D eigenvalue weighted by molar-refractivity contribution is 0.0697. The Morgan fingerprint density at radius 2 is 2.33 bits per heavy atom. The van der Waals surface area contributed by atoms with Crippen LogP contribution in [0.5, 0.6) is 0 Å². The number of para-hydroxylation sites is 1. The van der Waals surface area contributed by atoms with Crippen molar-refractivity contribution in [2.45, 2.75) is 13.5 Å². The van der Waals surface area contributed by atoms with Gasteiger partial charge in [-0.05, 0) is 19.1 Å². The number of anilines is 1. The van der Waals surface area contributed by atoms with Gasteiger partial charge in [0.15, 0.2) is 0 Å². The molecule has 0 spiro atoms. The molecule has 0 atom stereocenters. The van der Waals surface area contributed by atoms with Crippen LogP contribution in [0.1, 0.15) is 22.0 Å². The Morgan fingerprint density at radius 1 is 1.56 bits per heavy atom. The van der Waals surface area contributed by atoms with Crippen LogP contribution in [0.25, 0.3) is 0 Å². The minimum atomic E-state index is -1.19. The van der Waals surface area contributed by atoms with Crippen LogP contribution >= 0.6 is 0 Å². The summed E-state index contributed by atoms with van der Waals surface area (Å²) in [6.07, 6.45) is 1.54. The summed E-state index contributed by atoms with van der Waals surface area (Å²) in [4.78, 5) is 14.9. The molecule has 0 aliphatic carbocycles. The molecule has 94 valence electrons. The van der Waals surface area contributed by atoms with Crippen LogP contribution < -0.4 is 5.32 Å². The molecule has 1 aromatic heterocycles. The van der Waals surface area contributed by atoms with Gasteiger partial charge in [-0.15, -0.1) is 0 Å². The Bertz CT molecular complexity index is 580. The van der Waals surface area contributed by atoms with E-state index in [1.54, 1.807) is 6.92 Å². The Hall–Kier alpha value is -2.37. The largest absolute Gasteiger partial charge is 0.478 e. The number of nitrogens with zero attached hydrogens (tertiary/aromatic N) is 1. The highest BCUT2D eigenvalue weighted by Crippen LogP contribution is 2.20. The molecule has 2 rings (SSSR count). The van der Waals surface area contributed by atoms with E-state index in [1.165, 1.54) is 24.4 Å². The zero-order chi connectivity index (χ0) is 13.1. The van der Waals surface area contributed by atoms with E-state index in [-0.39, 0.29) is 17.8 Å². The molecule has 1 heterocycles. The molecule has 0 bridgehead atoms. The quantitative estimate of drug-likeness (QED) is 0.871. The normalized spacial score (nSPS) is 10.3. The third-order valence-corrected chi connectivity index (χ3v) is 2.33. The van der Waals surface area contributed by atoms with Crippen LogP contribution in [0.2, 0.25) is 0 Å². The van der Waals surface area contributed by atoms with E-state index in [2.05, 4.69) is 10.3 Å². The summed E-state index contributed by atoms with van der Waals surface area (Å²) in [5.41, 5.74) is -0.195. The smallest absolute Gasteiger partial charge is 0.337 e. The summed E-state index contributed by atoms with van der Waals surface area (Å²) in [6, 6.07) is 3.86. The number of carboxylic acid groups (broad SMARTS) is 1. The van der Waals surface area contributed by atoms with Gasteiger partial charge in [0, 0.05) is 0 Å². The summed E-state index contributed by atoms with van der Waals surface area (Å²) >= 11 is 0. The van der Waals surface area contributed by atoms with Crippen LogP contribution in [0.15, 0.2) is 28.8 Å². The number of aromatic carboxylic acids is 1. The molecule has 0 amide bonds. The fourth-order valence-electron chi connectivity index (χ4n) is 1.53. The van der Waals surface area contributed by atoms with Gasteiger partial charge in [-0.3, -0.25) is 0 Å². The van der Waals surface area contributed by atoms with Gasteiger partial charge in [0.25, 0.3) is 0 Å². The number of carboxylic acids is 1. The number of hydrogen-bond donors (Lipinski definition) is 2. The molecule has 2 N–H and O–H groups in total. The van der Waals surface area contributed by atoms with E-state index in [9.17, 15) is 9.18 Å². The Labute approximate surface area is 102 Å². The second-order valence-corrected chi connectivity index (χ2v) is 3.69. The van der Waals surface area contributed by atoms with E-state index < -0.39 is 11.8 Å². The molecule has 0 radical (unpaired) electrons. The van der Waals surface area contributed by atoms with Gasteiger partial charge >= 0.3 is 5.97 Å². The lowest BCUT2D eigenvalue weighted by Gasteiger charge is -2.08. The van der Waals surface area contributed by atoms with E-state index >= 15 is 0 Å². The maximum Gasteiger partial charge on any atom is 0.337 e. The van der Waals surface area contributed by atoms with E-state index in [4.69, 9.17) is 9.52 Å². The van der Waals surface area contributed by atoms with E-state index in [0.29, 0.717) is 11.7 Å². The number of hydrogen-bond acceptors (Lipinski definition) is 4. The number of aromatic nitrogens is 1. The lowest BCUT2D eigenvalue weighted by Crippen LogP contribution is -2.08. The first-order valence-electron chi connectivity index (χ1n) is 5.25. The van der Waals surface area contributed by atoms with Crippen LogP contribution in [0.3, 0.4) is 0 Å². The molecular formula is C12H11FN2O3. The number of rotatable bonds is 4. The standard InChI is InChI=1S/C12H11FN2O3/c1-7-5-14-10(18-7)6-15-11-8(12(16)17)3-2-4-9(11)13/h2-5,15H,6H2,1H3,(H,16,17). The molecule has 0 aliphatic heterocycles. The van der Waals surface area contributed by atoms with Crippen molar-refractivity contribution in [3.05, 3.63) is 47.4 Å². The molecule has 2 aromatic rings. The van der Waals surface area contributed by atoms with Gasteiger partial charge in [-0.25, -0.2) is 14.2 Å². The van der Waals surface area contributed by atoms with Crippen LogP contribution in [-0.2, 0) is 6.54 Å². The number of halogens is 1. The van der Waals surface area contributed by atoms with Crippen LogP contribution in [0, 0.1) is 12.7 Å². The summed E-state index contributed by atoms with van der Waals surface area (Å²) in [7, 11) is 0. The number of benzene rings is 1. The van der Waals surface area contributed by atoms with Crippen LogP contribution in [-0.4, -0.2) is 16.1 Å². The molecule has 6 heteroatoms. The molecule has 1 aromatic carbocycles. The first kappa shape index (κ1) is 12.1. The Morgan fingerprint density at radius 3 is 2.94 bits per heavy atom. The highest BCUT2D eigenvalue weighted by molar-refractivity contribution is 5.94. The Balaban J connectivity index is 2.20. The topological polar surface area (TPSA) is 75.4 Å². The van der Waals surface area contributed by atoms with Gasteiger partial charge in [0.2, 0.25) is 5.89 Å².